The first kappa shape index (κ1) is 20.5. The molecule has 1 unspecified atom stereocenters. The van der Waals surface area contributed by atoms with Crippen LogP contribution in [0.4, 0.5) is 22.0 Å². The van der Waals surface area contributed by atoms with E-state index in [0.717, 1.165) is 6.07 Å². The minimum atomic E-state index is -4.77. The molecule has 0 aliphatic carbocycles. The molecule has 3 aromatic heterocycles. The Morgan fingerprint density at radius 2 is 1.84 bits per heavy atom. The number of nitrogens with one attached hydrogen (secondary N) is 3. The van der Waals surface area contributed by atoms with Gasteiger partial charge < -0.3 is 5.32 Å². The largest absolute Gasteiger partial charge is 0.418 e. The highest BCUT2D eigenvalue weighted by Crippen LogP contribution is 2.31. The zero-order chi connectivity index (χ0) is 22.2. The van der Waals surface area contributed by atoms with Crippen LogP contribution >= 0.6 is 0 Å². The lowest BCUT2D eigenvalue weighted by Crippen LogP contribution is -2.41. The molecule has 3 N–H and O–H groups in total. The molecule has 10 heteroatoms. The van der Waals surface area contributed by atoms with Crippen molar-refractivity contribution in [3.05, 3.63) is 90.0 Å². The number of benzene rings is 1. The number of fused-ring (bicyclic) bond motifs is 1. The Kier molecular flexibility index (Phi) is 5.14. The van der Waals surface area contributed by atoms with Crippen LogP contribution in [-0.4, -0.2) is 17.1 Å². The smallest absolute Gasteiger partial charge is 0.328 e. The van der Waals surface area contributed by atoms with Crippen LogP contribution in [0.1, 0.15) is 22.2 Å². The molecule has 0 bridgehead atoms. The molecule has 3 heterocycles. The standard InChI is InChI=1S/C21H13F5N4O/c22-12-7-8-13(14(23)11-12)19-28-17(16-6-2-4-10-30(16)19)20(31)29-18(21(24,25)26)15-5-1-3-9-27-15/h1-11,18H,(H,29,31)/p+2. The van der Waals surface area contributed by atoms with E-state index in [0.29, 0.717) is 6.07 Å². The highest BCUT2D eigenvalue weighted by atomic mass is 19.4. The predicted molar refractivity (Wildman–Crippen MR) is 98.6 cm³/mol. The summed E-state index contributed by atoms with van der Waals surface area (Å²) in [4.78, 5) is 18.0. The molecule has 4 rings (SSSR count). The zero-order valence-corrected chi connectivity index (χ0v) is 15.7. The lowest BCUT2D eigenvalue weighted by molar-refractivity contribution is -0.498. The highest BCUT2D eigenvalue weighted by Gasteiger charge is 2.46. The topological polar surface area (TPSA) is 63.1 Å². The Morgan fingerprint density at radius 1 is 1.06 bits per heavy atom. The number of alkyl halides is 3. The first-order chi connectivity index (χ1) is 14.8. The number of H-pyrrole nitrogens is 2. The van der Waals surface area contributed by atoms with Gasteiger partial charge in [-0.15, -0.1) is 0 Å². The van der Waals surface area contributed by atoms with Crippen LogP contribution in [0.15, 0.2) is 67.0 Å². The average molecular weight is 434 g/mol. The summed E-state index contributed by atoms with van der Waals surface area (Å²) in [5.41, 5.74) is -0.289. The average Bonchev–Trinajstić information content (AvgIpc) is 3.11. The summed E-state index contributed by atoms with van der Waals surface area (Å²) >= 11 is 0. The molecule has 0 fully saturated rings. The predicted octanol–water partition coefficient (Wildman–Crippen LogP) is 3.55. The highest BCUT2D eigenvalue weighted by molar-refractivity contribution is 5.98. The molecule has 158 valence electrons. The monoisotopic (exact) mass is 434 g/mol. The van der Waals surface area contributed by atoms with Gasteiger partial charge in [-0.1, -0.05) is 12.1 Å². The van der Waals surface area contributed by atoms with Crippen molar-refractivity contribution < 1.29 is 36.1 Å². The summed E-state index contributed by atoms with van der Waals surface area (Å²) in [5.74, 6) is -2.64. The third-order valence-electron chi connectivity index (χ3n) is 4.66. The first-order valence-electron chi connectivity index (χ1n) is 9.07. The molecule has 0 spiro atoms. The van der Waals surface area contributed by atoms with Gasteiger partial charge in [-0.05, 0) is 24.3 Å². The number of carbonyl (C=O) groups excluding carboxylic acids is 1. The van der Waals surface area contributed by atoms with Gasteiger partial charge in [0.15, 0.2) is 11.7 Å². The Labute approximate surface area is 172 Å². The van der Waals surface area contributed by atoms with Gasteiger partial charge in [-0.2, -0.15) is 17.6 Å². The second-order valence-electron chi connectivity index (χ2n) is 6.69. The van der Waals surface area contributed by atoms with E-state index in [1.54, 1.807) is 12.1 Å². The molecule has 4 aromatic rings. The van der Waals surface area contributed by atoms with Gasteiger partial charge in [0.1, 0.15) is 17.2 Å². The van der Waals surface area contributed by atoms with Crippen LogP contribution in [0.3, 0.4) is 0 Å². The van der Waals surface area contributed by atoms with Gasteiger partial charge in [-0.25, -0.2) is 18.7 Å². The molecule has 0 saturated carbocycles. The molecule has 0 aliphatic rings. The normalized spacial score (nSPS) is 12.7. The van der Waals surface area contributed by atoms with Gasteiger partial charge in [0.05, 0.1) is 6.20 Å². The van der Waals surface area contributed by atoms with Crippen molar-refractivity contribution in [1.29, 1.82) is 0 Å². The fourth-order valence-corrected chi connectivity index (χ4v) is 3.26. The minimum Gasteiger partial charge on any atom is -0.328 e. The Balaban J connectivity index is 1.78. The van der Waals surface area contributed by atoms with E-state index in [1.165, 1.54) is 47.1 Å². The summed E-state index contributed by atoms with van der Waals surface area (Å²) < 4.78 is 69.9. The van der Waals surface area contributed by atoms with Gasteiger partial charge in [0.2, 0.25) is 17.4 Å². The van der Waals surface area contributed by atoms with Gasteiger partial charge in [0.25, 0.3) is 11.7 Å². The minimum absolute atomic E-state index is 0.0505. The van der Waals surface area contributed by atoms with Crippen LogP contribution in [-0.2, 0) is 0 Å². The van der Waals surface area contributed by atoms with Crippen molar-refractivity contribution in [1.82, 2.24) is 10.3 Å². The van der Waals surface area contributed by atoms with Crippen molar-refractivity contribution in [3.63, 3.8) is 0 Å². The van der Waals surface area contributed by atoms with Crippen LogP contribution < -0.4 is 14.7 Å². The number of carbonyl (C=O) groups is 1. The first-order valence-corrected chi connectivity index (χ1v) is 9.07. The van der Waals surface area contributed by atoms with Crippen molar-refractivity contribution in [2.24, 2.45) is 0 Å². The van der Waals surface area contributed by atoms with E-state index >= 15 is 0 Å². The molecule has 0 aliphatic heterocycles. The number of halogens is 5. The second-order valence-corrected chi connectivity index (χ2v) is 6.69. The Morgan fingerprint density at radius 3 is 2.52 bits per heavy atom. The van der Waals surface area contributed by atoms with E-state index in [9.17, 15) is 26.7 Å². The third-order valence-corrected chi connectivity index (χ3v) is 4.66. The summed E-state index contributed by atoms with van der Waals surface area (Å²) in [7, 11) is 0. The lowest BCUT2D eigenvalue weighted by atomic mass is 10.1. The molecule has 1 atom stereocenters. The van der Waals surface area contributed by atoms with Crippen LogP contribution in [0.5, 0.6) is 0 Å². The quantitative estimate of drug-likeness (QED) is 0.375. The van der Waals surface area contributed by atoms with Gasteiger partial charge in [0, 0.05) is 18.2 Å². The van der Waals surface area contributed by atoms with Crippen LogP contribution in [0.2, 0.25) is 0 Å². The summed E-state index contributed by atoms with van der Waals surface area (Å²) in [6.07, 6.45) is -1.95. The number of hydrogen-bond acceptors (Lipinski definition) is 1. The number of imidazole rings is 1. The van der Waals surface area contributed by atoms with Crippen molar-refractivity contribution >= 4 is 11.4 Å². The molecular formula is C21H15F5N4O+2. The molecule has 0 radical (unpaired) electrons. The second kappa shape index (κ2) is 7.78. The summed E-state index contributed by atoms with van der Waals surface area (Å²) in [5, 5.41) is 1.98. The van der Waals surface area contributed by atoms with Crippen LogP contribution in [0.25, 0.3) is 16.9 Å². The zero-order valence-electron chi connectivity index (χ0n) is 15.7. The maximum atomic E-state index is 14.3. The van der Waals surface area contributed by atoms with E-state index in [2.05, 4.69) is 9.97 Å². The van der Waals surface area contributed by atoms with E-state index in [4.69, 9.17) is 0 Å². The number of pyridine rings is 2. The number of hydrogen-bond donors (Lipinski definition) is 2. The third kappa shape index (κ3) is 3.96. The molecule has 1 amide bonds. The number of aromatic amines is 2. The summed E-state index contributed by atoms with van der Waals surface area (Å²) in [6.45, 7) is 0. The molecule has 0 saturated heterocycles. The number of rotatable bonds is 4. The van der Waals surface area contributed by atoms with E-state index < -0.39 is 29.8 Å². The fraction of sp³-hybridized carbons (Fsp3) is 0.0952. The van der Waals surface area contributed by atoms with Gasteiger partial charge >= 0.3 is 6.18 Å². The fourth-order valence-electron chi connectivity index (χ4n) is 3.26. The van der Waals surface area contributed by atoms with Gasteiger partial charge in [-0.3, -0.25) is 4.79 Å². The maximum absolute atomic E-state index is 14.3. The number of amides is 1. The maximum Gasteiger partial charge on any atom is 0.418 e. The van der Waals surface area contributed by atoms with Crippen molar-refractivity contribution in [2.75, 3.05) is 0 Å². The summed E-state index contributed by atoms with van der Waals surface area (Å²) in [6, 6.07) is 9.40. The molecule has 31 heavy (non-hydrogen) atoms. The van der Waals surface area contributed by atoms with Crippen molar-refractivity contribution in [3.8, 4) is 11.4 Å². The lowest BCUT2D eigenvalue weighted by Gasteiger charge is -2.17. The molecule has 1 aromatic carbocycles. The van der Waals surface area contributed by atoms with E-state index in [1.807, 2.05) is 5.32 Å². The van der Waals surface area contributed by atoms with Crippen LogP contribution in [0, 0.1) is 11.6 Å². The molecular weight excluding hydrogens is 419 g/mol. The SMILES string of the molecule is O=C(NC(c1cccc[nH+]1)C(F)(F)F)c1[nH]c(-c2ccc(F)cc2F)[n+]2ccccc12. The number of nitrogens with zero attached hydrogens (tertiary/aromatic N) is 1. The Bertz CT molecular complexity index is 1250. The Hall–Kier alpha value is -3.82. The van der Waals surface area contributed by atoms with Crippen molar-refractivity contribution in [2.45, 2.75) is 12.2 Å². The van der Waals surface area contributed by atoms with E-state index in [-0.39, 0.29) is 28.3 Å². The number of aromatic nitrogens is 3. The molecule has 5 nitrogen and oxygen atoms in total.